The number of benzene rings is 1. The van der Waals surface area contributed by atoms with Crippen LogP contribution in [-0.2, 0) is 0 Å². The summed E-state index contributed by atoms with van der Waals surface area (Å²) in [5.41, 5.74) is 2.09. The zero-order chi connectivity index (χ0) is 10.8. The van der Waals surface area contributed by atoms with Crippen molar-refractivity contribution in [1.29, 1.82) is 0 Å². The predicted molar refractivity (Wildman–Crippen MR) is 56.2 cm³/mol. The topological polar surface area (TPSA) is 47.8 Å². The molecule has 0 amide bonds. The van der Waals surface area contributed by atoms with Crippen LogP contribution in [0.3, 0.4) is 0 Å². The van der Waals surface area contributed by atoms with E-state index in [9.17, 15) is 4.79 Å². The Morgan fingerprint density at radius 3 is 2.40 bits per heavy atom. The molecule has 0 atom stereocenters. The highest BCUT2D eigenvalue weighted by Gasteiger charge is 2.08. The smallest absolute Gasteiger partial charge is 0.201 e. The molecule has 1 aromatic heterocycles. The molecule has 2 aromatic rings. The normalized spacial score (nSPS) is 10.3. The van der Waals surface area contributed by atoms with Crippen molar-refractivity contribution < 1.29 is 4.79 Å². The maximum absolute atomic E-state index is 10.8. The first-order valence-corrected chi connectivity index (χ1v) is 4.66. The van der Waals surface area contributed by atoms with E-state index in [1.165, 1.54) is 5.56 Å². The van der Waals surface area contributed by atoms with Gasteiger partial charge in [0.2, 0.25) is 5.82 Å². The van der Waals surface area contributed by atoms with E-state index in [1.807, 2.05) is 38.1 Å². The van der Waals surface area contributed by atoms with E-state index >= 15 is 0 Å². The molecule has 0 aliphatic heterocycles. The summed E-state index contributed by atoms with van der Waals surface area (Å²) in [5, 5.41) is 7.65. The maximum atomic E-state index is 10.8. The van der Waals surface area contributed by atoms with Crippen LogP contribution in [-0.4, -0.2) is 21.1 Å². The lowest BCUT2D eigenvalue weighted by atomic mass is 10.2. The first-order chi connectivity index (χ1) is 7.22. The van der Waals surface area contributed by atoms with Crippen LogP contribution in [0.25, 0.3) is 5.69 Å². The number of aryl methyl sites for hydroxylation is 2. The number of aldehydes is 1. The Balaban J connectivity index is 2.57. The van der Waals surface area contributed by atoms with Crippen molar-refractivity contribution in [3.63, 3.8) is 0 Å². The van der Waals surface area contributed by atoms with Gasteiger partial charge in [-0.15, -0.1) is 10.2 Å². The van der Waals surface area contributed by atoms with E-state index in [1.54, 1.807) is 4.57 Å². The highest BCUT2D eigenvalue weighted by atomic mass is 16.1. The minimum atomic E-state index is 0.330. The lowest BCUT2D eigenvalue weighted by Crippen LogP contribution is -2.01. The fourth-order valence-corrected chi connectivity index (χ4v) is 1.47. The first kappa shape index (κ1) is 9.58. The molecular weight excluding hydrogens is 190 g/mol. The summed E-state index contributed by atoms with van der Waals surface area (Å²) in [4.78, 5) is 10.8. The maximum Gasteiger partial charge on any atom is 0.201 e. The van der Waals surface area contributed by atoms with Crippen LogP contribution in [0.4, 0.5) is 0 Å². The SMILES string of the molecule is Cc1ccc(-n2c(C)nnc2C=O)cc1. The second-order valence-corrected chi connectivity index (χ2v) is 3.39. The molecular formula is C11H11N3O. The highest BCUT2D eigenvalue weighted by Crippen LogP contribution is 2.12. The van der Waals surface area contributed by atoms with Gasteiger partial charge in [-0.2, -0.15) is 0 Å². The Kier molecular flexibility index (Phi) is 2.33. The Morgan fingerprint density at radius 1 is 1.13 bits per heavy atom. The lowest BCUT2D eigenvalue weighted by Gasteiger charge is -2.05. The molecule has 15 heavy (non-hydrogen) atoms. The number of carbonyl (C=O) groups is 1. The summed E-state index contributed by atoms with van der Waals surface area (Å²) in [7, 11) is 0. The van der Waals surface area contributed by atoms with Crippen LogP contribution in [0, 0.1) is 13.8 Å². The van der Waals surface area contributed by atoms with Crippen molar-refractivity contribution in [2.45, 2.75) is 13.8 Å². The molecule has 0 N–H and O–H groups in total. The molecule has 0 radical (unpaired) electrons. The Morgan fingerprint density at radius 2 is 1.80 bits per heavy atom. The minimum absolute atomic E-state index is 0.330. The van der Waals surface area contributed by atoms with Crippen molar-refractivity contribution in [2.24, 2.45) is 0 Å². The molecule has 76 valence electrons. The fourth-order valence-electron chi connectivity index (χ4n) is 1.47. The molecule has 4 heteroatoms. The molecule has 0 unspecified atom stereocenters. The number of nitrogens with zero attached hydrogens (tertiary/aromatic N) is 3. The summed E-state index contributed by atoms with van der Waals surface area (Å²) in [6.07, 6.45) is 0.708. The molecule has 0 saturated carbocycles. The van der Waals surface area contributed by atoms with Gasteiger partial charge in [0, 0.05) is 5.69 Å². The van der Waals surface area contributed by atoms with Gasteiger partial charge >= 0.3 is 0 Å². The number of hydrogen-bond donors (Lipinski definition) is 0. The first-order valence-electron chi connectivity index (χ1n) is 4.66. The van der Waals surface area contributed by atoms with Gasteiger partial charge < -0.3 is 0 Å². The standard InChI is InChI=1S/C11H11N3O/c1-8-3-5-10(6-4-8)14-9(2)12-13-11(14)7-15/h3-7H,1-2H3. The van der Waals surface area contributed by atoms with E-state index in [4.69, 9.17) is 0 Å². The van der Waals surface area contributed by atoms with Crippen LogP contribution < -0.4 is 0 Å². The van der Waals surface area contributed by atoms with Gasteiger partial charge in [-0.25, -0.2) is 0 Å². The molecule has 0 spiro atoms. The van der Waals surface area contributed by atoms with Crippen LogP contribution in [0.5, 0.6) is 0 Å². The number of aromatic nitrogens is 3. The van der Waals surface area contributed by atoms with Crippen molar-refractivity contribution >= 4 is 6.29 Å². The average Bonchev–Trinajstić information content (AvgIpc) is 2.61. The summed E-state index contributed by atoms with van der Waals surface area (Å²) >= 11 is 0. The zero-order valence-corrected chi connectivity index (χ0v) is 8.64. The molecule has 4 nitrogen and oxygen atoms in total. The number of hydrogen-bond acceptors (Lipinski definition) is 3. The molecule has 0 aliphatic rings. The molecule has 0 fully saturated rings. The summed E-state index contributed by atoms with van der Waals surface area (Å²) in [5.74, 6) is 1.04. The van der Waals surface area contributed by atoms with E-state index in [2.05, 4.69) is 10.2 Å². The largest absolute Gasteiger partial charge is 0.294 e. The zero-order valence-electron chi connectivity index (χ0n) is 8.64. The van der Waals surface area contributed by atoms with Gasteiger partial charge in [-0.3, -0.25) is 9.36 Å². The van der Waals surface area contributed by atoms with Crippen molar-refractivity contribution in [2.75, 3.05) is 0 Å². The van der Waals surface area contributed by atoms with Gasteiger partial charge in [0.15, 0.2) is 6.29 Å². The third-order valence-corrected chi connectivity index (χ3v) is 2.25. The highest BCUT2D eigenvalue weighted by molar-refractivity contribution is 5.70. The Labute approximate surface area is 87.6 Å². The number of rotatable bonds is 2. The van der Waals surface area contributed by atoms with Crippen molar-refractivity contribution in [3.05, 3.63) is 41.5 Å². The molecule has 1 aromatic carbocycles. The predicted octanol–water partition coefficient (Wildman–Crippen LogP) is 1.70. The fraction of sp³-hybridized carbons (Fsp3) is 0.182. The lowest BCUT2D eigenvalue weighted by molar-refractivity contribution is 0.111. The molecule has 2 rings (SSSR count). The van der Waals surface area contributed by atoms with Crippen LogP contribution in [0.2, 0.25) is 0 Å². The van der Waals surface area contributed by atoms with Gasteiger partial charge in [0.05, 0.1) is 0 Å². The average molecular weight is 201 g/mol. The van der Waals surface area contributed by atoms with Gasteiger partial charge in [0.25, 0.3) is 0 Å². The minimum Gasteiger partial charge on any atom is -0.294 e. The quantitative estimate of drug-likeness (QED) is 0.695. The third kappa shape index (κ3) is 1.66. The van der Waals surface area contributed by atoms with Crippen molar-refractivity contribution in [1.82, 2.24) is 14.8 Å². The Bertz CT molecular complexity index is 485. The van der Waals surface area contributed by atoms with Crippen LogP contribution >= 0.6 is 0 Å². The number of carbonyl (C=O) groups excluding carboxylic acids is 1. The molecule has 0 aliphatic carbocycles. The van der Waals surface area contributed by atoms with E-state index in [0.29, 0.717) is 17.9 Å². The Hall–Kier alpha value is -1.97. The second-order valence-electron chi connectivity index (χ2n) is 3.39. The van der Waals surface area contributed by atoms with Gasteiger partial charge in [-0.05, 0) is 26.0 Å². The monoisotopic (exact) mass is 201 g/mol. The molecule has 0 saturated heterocycles. The van der Waals surface area contributed by atoms with Gasteiger partial charge in [-0.1, -0.05) is 17.7 Å². The summed E-state index contributed by atoms with van der Waals surface area (Å²) in [6, 6.07) is 7.87. The molecule has 1 heterocycles. The van der Waals surface area contributed by atoms with Crippen LogP contribution in [0.1, 0.15) is 22.0 Å². The van der Waals surface area contributed by atoms with Crippen molar-refractivity contribution in [3.8, 4) is 5.69 Å². The van der Waals surface area contributed by atoms with E-state index in [-0.39, 0.29) is 0 Å². The second kappa shape index (κ2) is 3.65. The van der Waals surface area contributed by atoms with Crippen LogP contribution in [0.15, 0.2) is 24.3 Å². The molecule has 0 bridgehead atoms. The van der Waals surface area contributed by atoms with E-state index in [0.717, 1.165) is 5.69 Å². The summed E-state index contributed by atoms with van der Waals surface area (Å²) < 4.78 is 1.73. The third-order valence-electron chi connectivity index (χ3n) is 2.25. The summed E-state index contributed by atoms with van der Waals surface area (Å²) in [6.45, 7) is 3.84. The van der Waals surface area contributed by atoms with E-state index < -0.39 is 0 Å². The van der Waals surface area contributed by atoms with Gasteiger partial charge in [0.1, 0.15) is 5.82 Å².